The Morgan fingerprint density at radius 3 is 2.32 bits per heavy atom. The van der Waals surface area contributed by atoms with E-state index in [9.17, 15) is 0 Å². The van der Waals surface area contributed by atoms with Gasteiger partial charge in [0.2, 0.25) is 0 Å². The van der Waals surface area contributed by atoms with E-state index in [1.54, 1.807) is 0 Å². The zero-order valence-corrected chi connectivity index (χ0v) is 13.2. The van der Waals surface area contributed by atoms with Gasteiger partial charge in [0.25, 0.3) is 0 Å². The lowest BCUT2D eigenvalue weighted by atomic mass is 9.85. The van der Waals surface area contributed by atoms with Crippen molar-refractivity contribution < 1.29 is 0 Å². The van der Waals surface area contributed by atoms with E-state index < -0.39 is 0 Å². The fraction of sp³-hybridized carbons (Fsp3) is 0.667. The Kier molecular flexibility index (Phi) is 4.67. The molecule has 0 spiro atoms. The van der Waals surface area contributed by atoms with Gasteiger partial charge >= 0.3 is 0 Å². The van der Waals surface area contributed by atoms with Crippen molar-refractivity contribution in [1.29, 1.82) is 0 Å². The average molecular weight is 259 g/mol. The summed E-state index contributed by atoms with van der Waals surface area (Å²) in [7, 11) is 0. The van der Waals surface area contributed by atoms with Crippen LogP contribution in [0.1, 0.15) is 67.8 Å². The second-order valence-electron chi connectivity index (χ2n) is 6.55. The standard InChI is InChI=1S/C18H29N/c1-12-8-6-7-9-18(12)19-16(5)17-11-14(3)13(2)10-15(17)4/h10-12,16,18-19H,6-9H2,1-5H3. The monoisotopic (exact) mass is 259 g/mol. The maximum Gasteiger partial charge on any atom is 0.0297 e. The van der Waals surface area contributed by atoms with Gasteiger partial charge in [0, 0.05) is 12.1 Å². The molecule has 3 unspecified atom stereocenters. The van der Waals surface area contributed by atoms with Crippen LogP contribution in [-0.2, 0) is 0 Å². The summed E-state index contributed by atoms with van der Waals surface area (Å²) < 4.78 is 0. The third-order valence-electron chi connectivity index (χ3n) is 4.92. The van der Waals surface area contributed by atoms with Crippen molar-refractivity contribution >= 4 is 0 Å². The zero-order valence-electron chi connectivity index (χ0n) is 13.2. The first-order valence-electron chi connectivity index (χ1n) is 7.83. The van der Waals surface area contributed by atoms with Gasteiger partial charge in [-0.2, -0.15) is 0 Å². The molecule has 19 heavy (non-hydrogen) atoms. The summed E-state index contributed by atoms with van der Waals surface area (Å²) in [6, 6.07) is 5.86. The van der Waals surface area contributed by atoms with Gasteiger partial charge < -0.3 is 5.32 Å². The minimum absolute atomic E-state index is 0.463. The summed E-state index contributed by atoms with van der Waals surface area (Å²) >= 11 is 0. The first-order chi connectivity index (χ1) is 8.99. The van der Waals surface area contributed by atoms with Crippen LogP contribution in [-0.4, -0.2) is 6.04 Å². The van der Waals surface area contributed by atoms with E-state index >= 15 is 0 Å². The Bertz CT molecular complexity index is 436. The smallest absolute Gasteiger partial charge is 0.0297 e. The predicted octanol–water partition coefficient (Wildman–Crippen LogP) is 4.84. The van der Waals surface area contributed by atoms with Crippen molar-refractivity contribution in [3.63, 3.8) is 0 Å². The minimum atomic E-state index is 0.463. The topological polar surface area (TPSA) is 12.0 Å². The second kappa shape index (κ2) is 6.09. The fourth-order valence-corrected chi connectivity index (χ4v) is 3.42. The molecule has 1 nitrogen and oxygen atoms in total. The largest absolute Gasteiger partial charge is 0.307 e. The number of rotatable bonds is 3. The molecular formula is C18H29N. The van der Waals surface area contributed by atoms with Crippen LogP contribution in [0.3, 0.4) is 0 Å². The average Bonchev–Trinajstić information content (AvgIpc) is 2.36. The molecule has 1 aromatic carbocycles. The molecular weight excluding hydrogens is 230 g/mol. The molecule has 0 amide bonds. The van der Waals surface area contributed by atoms with Gasteiger partial charge in [-0.1, -0.05) is 31.9 Å². The lowest BCUT2D eigenvalue weighted by molar-refractivity contribution is 0.263. The van der Waals surface area contributed by atoms with E-state index in [4.69, 9.17) is 0 Å². The Labute approximate surface area is 118 Å². The molecule has 0 radical (unpaired) electrons. The summed E-state index contributed by atoms with van der Waals surface area (Å²) in [5.74, 6) is 0.822. The van der Waals surface area contributed by atoms with Crippen LogP contribution in [0.25, 0.3) is 0 Å². The lowest BCUT2D eigenvalue weighted by Crippen LogP contribution is -2.38. The molecule has 0 heterocycles. The molecule has 106 valence electrons. The Balaban J connectivity index is 2.11. The lowest BCUT2D eigenvalue weighted by Gasteiger charge is -2.33. The maximum atomic E-state index is 3.87. The molecule has 1 N–H and O–H groups in total. The van der Waals surface area contributed by atoms with Crippen molar-refractivity contribution in [1.82, 2.24) is 5.32 Å². The SMILES string of the molecule is Cc1cc(C)c(C(C)NC2CCCCC2C)cc1C. The van der Waals surface area contributed by atoms with E-state index in [0.29, 0.717) is 12.1 Å². The fourth-order valence-electron chi connectivity index (χ4n) is 3.42. The second-order valence-corrected chi connectivity index (χ2v) is 6.55. The number of aryl methyl sites for hydroxylation is 3. The van der Waals surface area contributed by atoms with E-state index in [2.05, 4.69) is 52.1 Å². The van der Waals surface area contributed by atoms with Gasteiger partial charge in [-0.05, 0) is 68.7 Å². The van der Waals surface area contributed by atoms with Crippen molar-refractivity contribution in [2.75, 3.05) is 0 Å². The molecule has 0 saturated heterocycles. The molecule has 1 heteroatoms. The van der Waals surface area contributed by atoms with Crippen LogP contribution in [0, 0.1) is 26.7 Å². The van der Waals surface area contributed by atoms with E-state index in [-0.39, 0.29) is 0 Å². The number of nitrogens with one attached hydrogen (secondary N) is 1. The maximum absolute atomic E-state index is 3.87. The van der Waals surface area contributed by atoms with Gasteiger partial charge in [-0.3, -0.25) is 0 Å². The summed E-state index contributed by atoms with van der Waals surface area (Å²) in [5, 5.41) is 3.87. The third kappa shape index (κ3) is 3.39. The van der Waals surface area contributed by atoms with Crippen molar-refractivity contribution in [2.24, 2.45) is 5.92 Å². The molecule has 0 aromatic heterocycles. The van der Waals surface area contributed by atoms with Crippen LogP contribution in [0.15, 0.2) is 12.1 Å². The summed E-state index contributed by atoms with van der Waals surface area (Å²) in [5.41, 5.74) is 5.71. The van der Waals surface area contributed by atoms with Gasteiger partial charge in [0.05, 0.1) is 0 Å². The van der Waals surface area contributed by atoms with Gasteiger partial charge in [0.15, 0.2) is 0 Å². The van der Waals surface area contributed by atoms with Gasteiger partial charge in [0.1, 0.15) is 0 Å². The van der Waals surface area contributed by atoms with Crippen molar-refractivity contribution in [3.8, 4) is 0 Å². The van der Waals surface area contributed by atoms with Gasteiger partial charge in [-0.15, -0.1) is 0 Å². The molecule has 3 atom stereocenters. The normalized spacial score (nSPS) is 25.3. The molecule has 1 aliphatic carbocycles. The summed E-state index contributed by atoms with van der Waals surface area (Å²) in [6.45, 7) is 11.4. The highest BCUT2D eigenvalue weighted by atomic mass is 15.0. The van der Waals surface area contributed by atoms with Crippen LogP contribution < -0.4 is 5.32 Å². The first-order valence-corrected chi connectivity index (χ1v) is 7.83. The van der Waals surface area contributed by atoms with E-state index in [0.717, 1.165) is 5.92 Å². The zero-order chi connectivity index (χ0) is 14.0. The highest BCUT2D eigenvalue weighted by molar-refractivity contribution is 5.38. The number of benzene rings is 1. The van der Waals surface area contributed by atoms with Crippen LogP contribution in [0.5, 0.6) is 0 Å². The number of hydrogen-bond donors (Lipinski definition) is 1. The Morgan fingerprint density at radius 2 is 1.63 bits per heavy atom. The van der Waals surface area contributed by atoms with E-state index in [1.165, 1.54) is 47.9 Å². The quantitative estimate of drug-likeness (QED) is 0.819. The molecule has 1 aliphatic rings. The molecule has 2 rings (SSSR count). The third-order valence-corrected chi connectivity index (χ3v) is 4.92. The molecule has 0 bridgehead atoms. The summed E-state index contributed by atoms with van der Waals surface area (Å²) in [4.78, 5) is 0. The number of hydrogen-bond acceptors (Lipinski definition) is 1. The van der Waals surface area contributed by atoms with Crippen LogP contribution >= 0.6 is 0 Å². The molecule has 1 fully saturated rings. The highest BCUT2D eigenvalue weighted by Crippen LogP contribution is 2.28. The predicted molar refractivity (Wildman–Crippen MR) is 83.6 cm³/mol. The Morgan fingerprint density at radius 1 is 1.00 bits per heavy atom. The van der Waals surface area contributed by atoms with E-state index in [1.807, 2.05) is 0 Å². The van der Waals surface area contributed by atoms with Crippen LogP contribution in [0.4, 0.5) is 0 Å². The first kappa shape index (κ1) is 14.6. The molecule has 1 saturated carbocycles. The molecule has 0 aliphatic heterocycles. The van der Waals surface area contributed by atoms with Crippen molar-refractivity contribution in [3.05, 3.63) is 34.4 Å². The highest BCUT2D eigenvalue weighted by Gasteiger charge is 2.23. The van der Waals surface area contributed by atoms with Crippen LogP contribution in [0.2, 0.25) is 0 Å². The minimum Gasteiger partial charge on any atom is -0.307 e. The molecule has 1 aromatic rings. The van der Waals surface area contributed by atoms with Crippen molar-refractivity contribution in [2.45, 2.75) is 72.4 Å². The Hall–Kier alpha value is -0.820. The summed E-state index contributed by atoms with van der Waals surface area (Å²) in [6.07, 6.45) is 5.53. The van der Waals surface area contributed by atoms with Gasteiger partial charge in [-0.25, -0.2) is 0 Å².